The maximum atomic E-state index is 14.6. The van der Waals surface area contributed by atoms with Crippen LogP contribution < -0.4 is 5.56 Å². The van der Waals surface area contributed by atoms with Gasteiger partial charge in [0.1, 0.15) is 11.6 Å². The Morgan fingerprint density at radius 3 is 2.34 bits per heavy atom. The molecule has 1 aromatic heterocycles. The molecule has 32 heavy (non-hydrogen) atoms. The van der Waals surface area contributed by atoms with Gasteiger partial charge in [-0.2, -0.15) is 0 Å². The number of aryl methyl sites for hydroxylation is 1. The fourth-order valence-electron chi connectivity index (χ4n) is 3.84. The minimum Gasteiger partial charge on any atom is -0.463 e. The van der Waals surface area contributed by atoms with Crippen LogP contribution in [0.3, 0.4) is 0 Å². The molecular formula is C26H29FN2O3. The standard InChI is InChI=1S/C26H29FN2O3/c1-7-32-24(30)12-11-18-13-21-23(14-22(18)27)28-17(6)29(26(21)31)25-19(15(2)3)9-8-10-20(25)16(4)5/h8-16H,7H2,1-6H3/b12-11+. The zero-order chi connectivity index (χ0) is 23.6. The van der Waals surface area contributed by atoms with Crippen molar-refractivity contribution in [3.8, 4) is 5.69 Å². The summed E-state index contributed by atoms with van der Waals surface area (Å²) in [4.78, 5) is 29.9. The summed E-state index contributed by atoms with van der Waals surface area (Å²) < 4.78 is 21.1. The number of fused-ring (bicyclic) bond motifs is 1. The summed E-state index contributed by atoms with van der Waals surface area (Å²) in [6, 6.07) is 8.74. The van der Waals surface area contributed by atoms with Gasteiger partial charge in [-0.1, -0.05) is 45.9 Å². The maximum absolute atomic E-state index is 14.6. The minimum atomic E-state index is -0.570. The van der Waals surface area contributed by atoms with Gasteiger partial charge in [0, 0.05) is 17.7 Å². The number of esters is 1. The molecule has 0 saturated heterocycles. The van der Waals surface area contributed by atoms with Crippen molar-refractivity contribution < 1.29 is 13.9 Å². The summed E-state index contributed by atoms with van der Waals surface area (Å²) in [6.45, 7) is 12.0. The van der Waals surface area contributed by atoms with E-state index >= 15 is 0 Å². The Labute approximate surface area is 187 Å². The van der Waals surface area contributed by atoms with Gasteiger partial charge in [-0.3, -0.25) is 9.36 Å². The highest BCUT2D eigenvalue weighted by Gasteiger charge is 2.20. The lowest BCUT2D eigenvalue weighted by Crippen LogP contribution is -2.25. The Balaban J connectivity index is 2.31. The first-order valence-corrected chi connectivity index (χ1v) is 10.9. The number of carbonyl (C=O) groups is 1. The number of aromatic nitrogens is 2. The van der Waals surface area contributed by atoms with Crippen LogP contribution in [0.25, 0.3) is 22.7 Å². The van der Waals surface area contributed by atoms with Crippen LogP contribution in [0, 0.1) is 12.7 Å². The first kappa shape index (κ1) is 23.4. The van der Waals surface area contributed by atoms with Crippen molar-refractivity contribution in [3.63, 3.8) is 0 Å². The average molecular weight is 437 g/mol. The Kier molecular flexibility index (Phi) is 6.92. The van der Waals surface area contributed by atoms with E-state index in [1.54, 1.807) is 18.4 Å². The third-order valence-electron chi connectivity index (χ3n) is 5.41. The molecule has 0 radical (unpaired) electrons. The van der Waals surface area contributed by atoms with Crippen molar-refractivity contribution >= 4 is 22.9 Å². The topological polar surface area (TPSA) is 61.2 Å². The van der Waals surface area contributed by atoms with Gasteiger partial charge in [-0.25, -0.2) is 14.2 Å². The van der Waals surface area contributed by atoms with Crippen molar-refractivity contribution in [2.75, 3.05) is 6.61 Å². The van der Waals surface area contributed by atoms with Crippen LogP contribution >= 0.6 is 0 Å². The monoisotopic (exact) mass is 436 g/mol. The number of ether oxygens (including phenoxy) is 1. The van der Waals surface area contributed by atoms with E-state index in [-0.39, 0.29) is 40.5 Å². The first-order valence-electron chi connectivity index (χ1n) is 10.9. The Hall–Kier alpha value is -3.28. The normalized spacial score (nSPS) is 11.8. The molecule has 3 rings (SSSR count). The highest BCUT2D eigenvalue weighted by molar-refractivity contribution is 5.89. The second kappa shape index (κ2) is 9.47. The molecule has 168 valence electrons. The molecule has 0 fully saturated rings. The lowest BCUT2D eigenvalue weighted by atomic mass is 9.92. The molecule has 0 aliphatic carbocycles. The second-order valence-corrected chi connectivity index (χ2v) is 8.37. The van der Waals surface area contributed by atoms with Crippen LogP contribution in [-0.2, 0) is 9.53 Å². The van der Waals surface area contributed by atoms with Gasteiger partial charge in [0.15, 0.2) is 0 Å². The van der Waals surface area contributed by atoms with Crippen LogP contribution in [0.5, 0.6) is 0 Å². The van der Waals surface area contributed by atoms with Crippen molar-refractivity contribution in [2.45, 2.75) is 53.4 Å². The Morgan fingerprint density at radius 2 is 1.78 bits per heavy atom. The molecule has 0 aliphatic heterocycles. The summed E-state index contributed by atoms with van der Waals surface area (Å²) in [6.07, 6.45) is 2.47. The molecule has 1 heterocycles. The van der Waals surface area contributed by atoms with Crippen molar-refractivity contribution in [2.24, 2.45) is 0 Å². The van der Waals surface area contributed by atoms with E-state index in [0.717, 1.165) is 22.9 Å². The predicted octanol–water partition coefficient (Wildman–Crippen LogP) is 5.66. The van der Waals surface area contributed by atoms with Crippen LogP contribution in [-0.4, -0.2) is 22.1 Å². The first-order chi connectivity index (χ1) is 15.1. The molecule has 0 N–H and O–H groups in total. The van der Waals surface area contributed by atoms with Crippen LogP contribution in [0.4, 0.5) is 4.39 Å². The third-order valence-corrected chi connectivity index (χ3v) is 5.41. The lowest BCUT2D eigenvalue weighted by molar-refractivity contribution is -0.137. The maximum Gasteiger partial charge on any atom is 0.330 e. The number of hydrogen-bond donors (Lipinski definition) is 0. The molecule has 3 aromatic rings. The molecule has 0 unspecified atom stereocenters. The fraction of sp³-hybridized carbons (Fsp3) is 0.346. The van der Waals surface area contributed by atoms with E-state index in [1.807, 2.05) is 18.2 Å². The lowest BCUT2D eigenvalue weighted by Gasteiger charge is -2.22. The highest BCUT2D eigenvalue weighted by Crippen LogP contribution is 2.31. The quantitative estimate of drug-likeness (QED) is 0.370. The SMILES string of the molecule is CCOC(=O)/C=C/c1cc2c(=O)n(-c3c(C(C)C)cccc3C(C)C)c(C)nc2cc1F. The second-order valence-electron chi connectivity index (χ2n) is 8.37. The van der Waals surface area contributed by atoms with Crippen LogP contribution in [0.2, 0.25) is 0 Å². The van der Waals surface area contributed by atoms with Crippen LogP contribution in [0.1, 0.15) is 69.0 Å². The molecule has 6 heteroatoms. The van der Waals surface area contributed by atoms with Gasteiger partial charge in [0.2, 0.25) is 0 Å². The van der Waals surface area contributed by atoms with Gasteiger partial charge >= 0.3 is 5.97 Å². The van der Waals surface area contributed by atoms with E-state index in [0.29, 0.717) is 5.82 Å². The highest BCUT2D eigenvalue weighted by atomic mass is 19.1. The van der Waals surface area contributed by atoms with Crippen molar-refractivity contribution in [1.29, 1.82) is 0 Å². The summed E-state index contributed by atoms with van der Waals surface area (Å²) >= 11 is 0. The summed E-state index contributed by atoms with van der Waals surface area (Å²) in [5.74, 6) is -0.248. The van der Waals surface area contributed by atoms with E-state index in [4.69, 9.17) is 4.74 Å². The summed E-state index contributed by atoms with van der Waals surface area (Å²) in [5.41, 5.74) is 3.07. The molecular weight excluding hydrogens is 407 g/mol. The van der Waals surface area contributed by atoms with Gasteiger partial charge in [0.05, 0.1) is 23.2 Å². The van der Waals surface area contributed by atoms with Gasteiger partial charge in [-0.05, 0) is 49.0 Å². The van der Waals surface area contributed by atoms with E-state index in [2.05, 4.69) is 32.7 Å². The molecule has 0 saturated carbocycles. The molecule has 0 bridgehead atoms. The molecule has 0 spiro atoms. The number of hydrogen-bond acceptors (Lipinski definition) is 4. The van der Waals surface area contributed by atoms with Gasteiger partial charge in [0.25, 0.3) is 5.56 Å². The van der Waals surface area contributed by atoms with Crippen molar-refractivity contribution in [3.05, 3.63) is 75.1 Å². The third kappa shape index (κ3) is 4.49. The molecule has 0 amide bonds. The van der Waals surface area contributed by atoms with Crippen LogP contribution in [0.15, 0.2) is 41.2 Å². The summed E-state index contributed by atoms with van der Waals surface area (Å²) in [7, 11) is 0. The average Bonchev–Trinajstić information content (AvgIpc) is 2.72. The Morgan fingerprint density at radius 1 is 1.16 bits per heavy atom. The van der Waals surface area contributed by atoms with E-state index < -0.39 is 11.8 Å². The smallest absolute Gasteiger partial charge is 0.330 e. The largest absolute Gasteiger partial charge is 0.463 e. The number of para-hydroxylation sites is 1. The number of halogens is 1. The predicted molar refractivity (Wildman–Crippen MR) is 126 cm³/mol. The Bertz CT molecular complexity index is 1230. The number of carbonyl (C=O) groups excluding carboxylic acids is 1. The summed E-state index contributed by atoms with van der Waals surface area (Å²) in [5, 5.41) is 0.286. The minimum absolute atomic E-state index is 0.126. The molecule has 0 aliphatic rings. The molecule has 2 aromatic carbocycles. The molecule has 5 nitrogen and oxygen atoms in total. The van der Waals surface area contributed by atoms with E-state index in [9.17, 15) is 14.0 Å². The zero-order valence-electron chi connectivity index (χ0n) is 19.4. The fourth-order valence-corrected chi connectivity index (χ4v) is 3.84. The van der Waals surface area contributed by atoms with E-state index in [1.165, 1.54) is 18.2 Å². The number of rotatable bonds is 6. The number of benzene rings is 2. The molecule has 0 atom stereocenters. The van der Waals surface area contributed by atoms with Gasteiger partial charge in [-0.15, -0.1) is 0 Å². The van der Waals surface area contributed by atoms with Gasteiger partial charge < -0.3 is 4.74 Å². The number of nitrogens with zero attached hydrogens (tertiary/aromatic N) is 2. The van der Waals surface area contributed by atoms with Crippen molar-refractivity contribution in [1.82, 2.24) is 9.55 Å². The zero-order valence-corrected chi connectivity index (χ0v) is 19.4.